The van der Waals surface area contributed by atoms with Crippen LogP contribution in [-0.2, 0) is 0 Å². The molecule has 0 unspecified atom stereocenters. The molecule has 0 saturated heterocycles. The lowest BCUT2D eigenvalue weighted by Crippen LogP contribution is -1.75. The van der Waals surface area contributed by atoms with Gasteiger partial charge in [-0.05, 0) is 30.7 Å². The van der Waals surface area contributed by atoms with Gasteiger partial charge in [0.05, 0.1) is 11.8 Å². The summed E-state index contributed by atoms with van der Waals surface area (Å²) in [6.07, 6.45) is 1.75. The fourth-order valence-electron chi connectivity index (χ4n) is 2.62. The van der Waals surface area contributed by atoms with E-state index in [9.17, 15) is 0 Å². The predicted molar refractivity (Wildman–Crippen MR) is 70.3 cm³/mol. The number of benzene rings is 2. The summed E-state index contributed by atoms with van der Waals surface area (Å²) in [5.41, 5.74) is 4.50. The van der Waals surface area contributed by atoms with E-state index < -0.39 is 0 Å². The Labute approximate surface area is 97.8 Å². The quantitative estimate of drug-likeness (QED) is 0.469. The molecular weight excluding hydrogens is 210 g/mol. The second kappa shape index (κ2) is 2.92. The Hall–Kier alpha value is -2.22. The Morgan fingerprint density at radius 3 is 2.82 bits per heavy atom. The first-order valence-corrected chi connectivity index (χ1v) is 5.72. The number of hydrogen-bond acceptors (Lipinski definition) is 1. The molecule has 0 radical (unpaired) electrons. The van der Waals surface area contributed by atoms with Crippen LogP contribution in [0.1, 0.15) is 5.56 Å². The fraction of sp³-hybridized carbons (Fsp3) is 0.0667. The molecule has 0 aliphatic carbocycles. The van der Waals surface area contributed by atoms with Crippen molar-refractivity contribution in [3.8, 4) is 0 Å². The smallest absolute Gasteiger partial charge is 0.138 e. The molecule has 0 bridgehead atoms. The van der Waals surface area contributed by atoms with E-state index in [1.54, 1.807) is 6.26 Å². The van der Waals surface area contributed by atoms with Gasteiger partial charge in [-0.2, -0.15) is 0 Å². The highest BCUT2D eigenvalue weighted by Gasteiger charge is 2.10. The zero-order chi connectivity index (χ0) is 11.4. The lowest BCUT2D eigenvalue weighted by atomic mass is 10.1. The molecule has 2 heterocycles. The van der Waals surface area contributed by atoms with Crippen LogP contribution in [0.15, 0.2) is 47.1 Å². The van der Waals surface area contributed by atoms with Crippen molar-refractivity contribution in [2.45, 2.75) is 6.92 Å². The Morgan fingerprint density at radius 1 is 1.00 bits per heavy atom. The van der Waals surface area contributed by atoms with Crippen molar-refractivity contribution in [1.82, 2.24) is 4.98 Å². The van der Waals surface area contributed by atoms with Gasteiger partial charge < -0.3 is 9.40 Å². The molecule has 2 heteroatoms. The number of furan rings is 1. The van der Waals surface area contributed by atoms with Gasteiger partial charge in [-0.25, -0.2) is 0 Å². The predicted octanol–water partition coefficient (Wildman–Crippen LogP) is 4.38. The lowest BCUT2D eigenvalue weighted by Gasteiger charge is -1.97. The minimum absolute atomic E-state index is 0.976. The summed E-state index contributed by atoms with van der Waals surface area (Å²) < 4.78 is 5.53. The summed E-state index contributed by atoms with van der Waals surface area (Å²) in [4.78, 5) is 3.47. The number of aromatic nitrogens is 1. The second-order valence-electron chi connectivity index (χ2n) is 4.45. The molecule has 4 aromatic rings. The van der Waals surface area contributed by atoms with Crippen LogP contribution in [0.4, 0.5) is 0 Å². The van der Waals surface area contributed by atoms with E-state index in [0.29, 0.717) is 0 Å². The van der Waals surface area contributed by atoms with E-state index in [0.717, 1.165) is 11.0 Å². The van der Waals surface area contributed by atoms with E-state index in [1.165, 1.54) is 27.4 Å². The zero-order valence-electron chi connectivity index (χ0n) is 9.45. The Balaban J connectivity index is 2.39. The van der Waals surface area contributed by atoms with Crippen LogP contribution >= 0.6 is 0 Å². The average molecular weight is 221 g/mol. The van der Waals surface area contributed by atoms with Gasteiger partial charge in [0.1, 0.15) is 5.58 Å². The summed E-state index contributed by atoms with van der Waals surface area (Å²) in [5, 5.41) is 3.71. The number of hydrogen-bond donors (Lipinski definition) is 1. The molecule has 2 aromatic heterocycles. The molecule has 0 aliphatic heterocycles. The second-order valence-corrected chi connectivity index (χ2v) is 4.45. The summed E-state index contributed by atoms with van der Waals surface area (Å²) in [6.45, 7) is 2.09. The molecule has 0 spiro atoms. The minimum Gasteiger partial charge on any atom is -0.464 e. The number of aryl methyl sites for hydroxylation is 1. The van der Waals surface area contributed by atoms with E-state index in [1.807, 2.05) is 6.07 Å². The first-order valence-electron chi connectivity index (χ1n) is 5.72. The zero-order valence-corrected chi connectivity index (χ0v) is 9.45. The molecule has 0 fully saturated rings. The lowest BCUT2D eigenvalue weighted by molar-refractivity contribution is 0.613. The van der Waals surface area contributed by atoms with Crippen LogP contribution in [0.3, 0.4) is 0 Å². The van der Waals surface area contributed by atoms with Crippen LogP contribution in [0.25, 0.3) is 32.8 Å². The number of H-pyrrole nitrogens is 1. The van der Waals surface area contributed by atoms with Crippen LogP contribution in [0.5, 0.6) is 0 Å². The standard InChI is InChI=1S/C15H11NO/c1-9-8-12-10-4-2-3-5-13(10)16-14(12)11-6-7-17-15(9)11/h2-8,16H,1H3. The average Bonchev–Trinajstić information content (AvgIpc) is 2.93. The Kier molecular flexibility index (Phi) is 1.52. The van der Waals surface area contributed by atoms with Gasteiger partial charge in [-0.15, -0.1) is 0 Å². The van der Waals surface area contributed by atoms with Crippen LogP contribution in [0, 0.1) is 6.92 Å². The van der Waals surface area contributed by atoms with Crippen molar-refractivity contribution < 1.29 is 4.42 Å². The Bertz CT molecular complexity index is 851. The molecule has 1 N–H and O–H groups in total. The van der Waals surface area contributed by atoms with Gasteiger partial charge in [0, 0.05) is 21.7 Å². The van der Waals surface area contributed by atoms with Crippen LogP contribution in [-0.4, -0.2) is 4.98 Å². The maximum atomic E-state index is 5.53. The molecule has 82 valence electrons. The third kappa shape index (κ3) is 1.04. The van der Waals surface area contributed by atoms with Crippen molar-refractivity contribution in [3.05, 3.63) is 48.2 Å². The molecule has 0 saturated carbocycles. The summed E-state index contributed by atoms with van der Waals surface area (Å²) in [5.74, 6) is 0. The van der Waals surface area contributed by atoms with Crippen molar-refractivity contribution in [1.29, 1.82) is 0 Å². The van der Waals surface area contributed by atoms with Gasteiger partial charge >= 0.3 is 0 Å². The van der Waals surface area contributed by atoms with Crippen LogP contribution < -0.4 is 0 Å². The van der Waals surface area contributed by atoms with E-state index in [4.69, 9.17) is 4.42 Å². The highest BCUT2D eigenvalue weighted by Crippen LogP contribution is 2.33. The van der Waals surface area contributed by atoms with Crippen molar-refractivity contribution >= 4 is 32.8 Å². The molecule has 2 aromatic carbocycles. The molecule has 0 amide bonds. The highest BCUT2D eigenvalue weighted by molar-refractivity contribution is 6.16. The number of fused-ring (bicyclic) bond motifs is 5. The Morgan fingerprint density at radius 2 is 1.88 bits per heavy atom. The monoisotopic (exact) mass is 221 g/mol. The largest absolute Gasteiger partial charge is 0.464 e. The minimum atomic E-state index is 0.976. The third-order valence-corrected chi connectivity index (χ3v) is 3.40. The molecular formula is C15H11NO. The fourth-order valence-corrected chi connectivity index (χ4v) is 2.62. The first kappa shape index (κ1) is 8.88. The number of rotatable bonds is 0. The van der Waals surface area contributed by atoms with E-state index >= 15 is 0 Å². The van der Waals surface area contributed by atoms with Gasteiger partial charge in [0.15, 0.2) is 0 Å². The molecule has 0 atom stereocenters. The third-order valence-electron chi connectivity index (χ3n) is 3.40. The summed E-state index contributed by atoms with van der Waals surface area (Å²) >= 11 is 0. The van der Waals surface area contributed by atoms with Gasteiger partial charge in [-0.1, -0.05) is 18.2 Å². The molecule has 4 rings (SSSR count). The number of para-hydroxylation sites is 1. The maximum Gasteiger partial charge on any atom is 0.138 e. The maximum absolute atomic E-state index is 5.53. The van der Waals surface area contributed by atoms with Gasteiger partial charge in [0.2, 0.25) is 0 Å². The van der Waals surface area contributed by atoms with E-state index in [-0.39, 0.29) is 0 Å². The molecule has 2 nitrogen and oxygen atoms in total. The van der Waals surface area contributed by atoms with Gasteiger partial charge in [-0.3, -0.25) is 0 Å². The SMILES string of the molecule is Cc1cc2c3ccccc3[nH]c2c2ccoc12. The first-order chi connectivity index (χ1) is 8.34. The molecule has 0 aliphatic rings. The summed E-state index contributed by atoms with van der Waals surface area (Å²) in [6, 6.07) is 12.6. The summed E-state index contributed by atoms with van der Waals surface area (Å²) in [7, 11) is 0. The number of aromatic amines is 1. The van der Waals surface area contributed by atoms with Crippen LogP contribution in [0.2, 0.25) is 0 Å². The van der Waals surface area contributed by atoms with Crippen molar-refractivity contribution in [3.63, 3.8) is 0 Å². The van der Waals surface area contributed by atoms with Crippen molar-refractivity contribution in [2.24, 2.45) is 0 Å². The van der Waals surface area contributed by atoms with E-state index in [2.05, 4.69) is 42.2 Å². The number of nitrogens with one attached hydrogen (secondary N) is 1. The van der Waals surface area contributed by atoms with Crippen molar-refractivity contribution in [2.75, 3.05) is 0 Å². The highest BCUT2D eigenvalue weighted by atomic mass is 16.3. The normalized spacial score (nSPS) is 11.8. The molecule has 17 heavy (non-hydrogen) atoms. The van der Waals surface area contributed by atoms with Gasteiger partial charge in [0.25, 0.3) is 0 Å². The topological polar surface area (TPSA) is 28.9 Å².